The number of fused-ring (bicyclic) bond motifs is 2. The first-order valence-corrected chi connectivity index (χ1v) is 8.80. The van der Waals surface area contributed by atoms with Gasteiger partial charge in [-0.05, 0) is 24.3 Å². The second kappa shape index (κ2) is 6.60. The molecule has 0 fully saturated rings. The minimum Gasteiger partial charge on any atom is -0.486 e. The highest BCUT2D eigenvalue weighted by Gasteiger charge is 2.13. The van der Waals surface area contributed by atoms with Crippen molar-refractivity contribution in [3.05, 3.63) is 52.1 Å². The molecule has 1 aromatic heterocycles. The van der Waals surface area contributed by atoms with Gasteiger partial charge in [0.05, 0.1) is 10.2 Å². The molecule has 1 N–H and O–H groups in total. The molecule has 3 aromatic rings. The Morgan fingerprint density at radius 1 is 1.12 bits per heavy atom. The number of anilines is 1. The third kappa shape index (κ3) is 3.23. The molecule has 0 unspecified atom stereocenters. The monoisotopic (exact) mass is 356 g/mol. The first-order chi connectivity index (χ1) is 12.2. The van der Waals surface area contributed by atoms with Gasteiger partial charge in [-0.1, -0.05) is 23.5 Å². The lowest BCUT2D eigenvalue weighted by atomic mass is 10.2. The summed E-state index contributed by atoms with van der Waals surface area (Å²) in [6.45, 7) is 1.37. The third-order valence-electron chi connectivity index (χ3n) is 3.96. The van der Waals surface area contributed by atoms with Crippen LogP contribution in [0.5, 0.6) is 11.5 Å². The molecule has 0 bridgehead atoms. The number of hydrogen-bond acceptors (Lipinski definition) is 5. The molecule has 4 rings (SSSR count). The van der Waals surface area contributed by atoms with E-state index in [4.69, 9.17) is 9.47 Å². The summed E-state index contributed by atoms with van der Waals surface area (Å²) < 4.78 is 13.5. The second-order valence-corrected chi connectivity index (χ2v) is 6.64. The maximum absolute atomic E-state index is 12.2. The predicted octanol–water partition coefficient (Wildman–Crippen LogP) is 2.86. The Kier molecular flexibility index (Phi) is 4.15. The van der Waals surface area contributed by atoms with Gasteiger partial charge in [0, 0.05) is 24.7 Å². The fraction of sp³-hybridized carbons (Fsp3) is 0.222. The molecule has 2 aromatic carbocycles. The van der Waals surface area contributed by atoms with Gasteiger partial charge < -0.3 is 14.8 Å². The zero-order chi connectivity index (χ0) is 17.2. The summed E-state index contributed by atoms with van der Waals surface area (Å²) in [6, 6.07) is 12.9. The minimum atomic E-state index is -0.154. The molecule has 0 aliphatic carbocycles. The van der Waals surface area contributed by atoms with E-state index in [9.17, 15) is 9.59 Å². The number of hydrogen-bond donors (Lipinski definition) is 1. The maximum Gasteiger partial charge on any atom is 0.308 e. The smallest absolute Gasteiger partial charge is 0.308 e. The molecular weight excluding hydrogens is 340 g/mol. The lowest BCUT2D eigenvalue weighted by molar-refractivity contribution is -0.116. The molecule has 25 heavy (non-hydrogen) atoms. The number of ether oxygens (including phenoxy) is 2. The van der Waals surface area contributed by atoms with Gasteiger partial charge in [0.25, 0.3) is 0 Å². The van der Waals surface area contributed by atoms with E-state index in [0.717, 1.165) is 10.2 Å². The van der Waals surface area contributed by atoms with Gasteiger partial charge in [-0.25, -0.2) is 0 Å². The van der Waals surface area contributed by atoms with Crippen molar-refractivity contribution in [2.24, 2.45) is 0 Å². The number of amides is 1. The van der Waals surface area contributed by atoms with E-state index in [1.165, 1.54) is 11.3 Å². The molecule has 0 spiro atoms. The number of nitrogens with one attached hydrogen (secondary N) is 1. The number of thiazole rings is 1. The van der Waals surface area contributed by atoms with Crippen LogP contribution in [0.4, 0.5) is 5.69 Å². The van der Waals surface area contributed by atoms with Crippen molar-refractivity contribution in [2.75, 3.05) is 18.5 Å². The summed E-state index contributed by atoms with van der Waals surface area (Å²) in [5.41, 5.74) is 1.52. The van der Waals surface area contributed by atoms with Crippen LogP contribution < -0.4 is 19.7 Å². The summed E-state index contributed by atoms with van der Waals surface area (Å²) in [5.74, 6) is 1.16. The van der Waals surface area contributed by atoms with Crippen molar-refractivity contribution in [3.8, 4) is 11.5 Å². The lowest BCUT2D eigenvalue weighted by Gasteiger charge is -2.19. The Hall–Kier alpha value is -2.80. The Balaban J connectivity index is 1.44. The van der Waals surface area contributed by atoms with E-state index >= 15 is 0 Å². The molecular formula is C18H16N2O4S. The Morgan fingerprint density at radius 3 is 2.80 bits per heavy atom. The number of para-hydroxylation sites is 1. The lowest BCUT2D eigenvalue weighted by Crippen LogP contribution is -2.19. The molecule has 1 amide bonds. The van der Waals surface area contributed by atoms with Crippen molar-refractivity contribution in [3.63, 3.8) is 0 Å². The highest BCUT2D eigenvalue weighted by molar-refractivity contribution is 7.16. The van der Waals surface area contributed by atoms with Crippen LogP contribution in [0.15, 0.2) is 47.3 Å². The van der Waals surface area contributed by atoms with Gasteiger partial charge in [-0.2, -0.15) is 0 Å². The zero-order valence-electron chi connectivity index (χ0n) is 13.4. The van der Waals surface area contributed by atoms with Crippen LogP contribution in [0.3, 0.4) is 0 Å². The van der Waals surface area contributed by atoms with Crippen molar-refractivity contribution in [2.45, 2.75) is 13.0 Å². The fourth-order valence-electron chi connectivity index (χ4n) is 2.78. The number of aryl methyl sites for hydroxylation is 1. The van der Waals surface area contributed by atoms with E-state index in [-0.39, 0.29) is 17.2 Å². The molecule has 0 saturated carbocycles. The molecule has 0 atom stereocenters. The highest BCUT2D eigenvalue weighted by atomic mass is 32.1. The highest BCUT2D eigenvalue weighted by Crippen LogP contribution is 2.32. The predicted molar refractivity (Wildman–Crippen MR) is 96.8 cm³/mol. The molecule has 6 nitrogen and oxygen atoms in total. The first kappa shape index (κ1) is 15.7. The quantitative estimate of drug-likeness (QED) is 0.780. The van der Waals surface area contributed by atoms with E-state index in [1.807, 2.05) is 24.3 Å². The number of benzene rings is 2. The topological polar surface area (TPSA) is 69.6 Å². The number of aromatic nitrogens is 1. The third-order valence-corrected chi connectivity index (χ3v) is 4.92. The summed E-state index contributed by atoms with van der Waals surface area (Å²) in [7, 11) is 0. The molecule has 1 aliphatic heterocycles. The molecule has 0 radical (unpaired) electrons. The molecule has 7 heteroatoms. The van der Waals surface area contributed by atoms with Gasteiger partial charge in [0.1, 0.15) is 13.2 Å². The average molecular weight is 356 g/mol. The van der Waals surface area contributed by atoms with Crippen molar-refractivity contribution >= 4 is 33.1 Å². The number of carbonyl (C=O) groups is 1. The average Bonchev–Trinajstić information content (AvgIpc) is 2.95. The van der Waals surface area contributed by atoms with Crippen LogP contribution in [-0.4, -0.2) is 23.7 Å². The number of rotatable bonds is 4. The van der Waals surface area contributed by atoms with E-state index in [1.54, 1.807) is 22.8 Å². The van der Waals surface area contributed by atoms with Gasteiger partial charge in [0.2, 0.25) is 5.91 Å². The van der Waals surface area contributed by atoms with E-state index in [0.29, 0.717) is 36.9 Å². The Bertz CT molecular complexity index is 992. The largest absolute Gasteiger partial charge is 0.486 e. The molecule has 128 valence electrons. The van der Waals surface area contributed by atoms with Crippen LogP contribution in [0.25, 0.3) is 10.2 Å². The van der Waals surface area contributed by atoms with Crippen LogP contribution in [-0.2, 0) is 11.3 Å². The second-order valence-electron chi connectivity index (χ2n) is 5.64. The fourth-order valence-corrected chi connectivity index (χ4v) is 3.70. The van der Waals surface area contributed by atoms with Crippen LogP contribution >= 0.6 is 11.3 Å². The maximum atomic E-state index is 12.2. The van der Waals surface area contributed by atoms with Gasteiger partial charge in [-0.15, -0.1) is 0 Å². The van der Waals surface area contributed by atoms with Crippen LogP contribution in [0.2, 0.25) is 0 Å². The van der Waals surface area contributed by atoms with Crippen molar-refractivity contribution in [1.82, 2.24) is 4.57 Å². The SMILES string of the molecule is O=C(CCn1c(=O)sc2ccccc21)Nc1ccc2c(c1)OCCO2. The van der Waals surface area contributed by atoms with E-state index < -0.39 is 0 Å². The summed E-state index contributed by atoms with van der Waals surface area (Å²) in [4.78, 5) is 24.3. The number of carbonyl (C=O) groups excluding carboxylic acids is 1. The normalized spacial score (nSPS) is 13.0. The summed E-state index contributed by atoms with van der Waals surface area (Å²) in [5, 5.41) is 2.84. The van der Waals surface area contributed by atoms with E-state index in [2.05, 4.69) is 5.32 Å². The molecule has 0 saturated heterocycles. The zero-order valence-corrected chi connectivity index (χ0v) is 14.2. The van der Waals surface area contributed by atoms with Crippen molar-refractivity contribution < 1.29 is 14.3 Å². The Morgan fingerprint density at radius 2 is 1.92 bits per heavy atom. The first-order valence-electron chi connectivity index (χ1n) is 7.98. The van der Waals surface area contributed by atoms with Gasteiger partial charge in [0.15, 0.2) is 11.5 Å². The minimum absolute atomic E-state index is 0.0478. The number of nitrogens with zero attached hydrogens (tertiary/aromatic N) is 1. The molecule has 1 aliphatic rings. The summed E-state index contributed by atoms with van der Waals surface area (Å²) >= 11 is 1.20. The standard InChI is InChI=1S/C18H16N2O4S/c21-17(19-12-5-6-14-15(11-12)24-10-9-23-14)7-8-20-13-3-1-2-4-16(13)25-18(20)22/h1-6,11H,7-10H2,(H,19,21). The summed E-state index contributed by atoms with van der Waals surface area (Å²) in [6.07, 6.45) is 0.217. The Labute approximate surface area is 147 Å². The van der Waals surface area contributed by atoms with Crippen LogP contribution in [0.1, 0.15) is 6.42 Å². The van der Waals surface area contributed by atoms with Gasteiger partial charge in [-0.3, -0.25) is 14.2 Å². The van der Waals surface area contributed by atoms with Crippen molar-refractivity contribution in [1.29, 1.82) is 0 Å². The molecule has 2 heterocycles. The van der Waals surface area contributed by atoms with Gasteiger partial charge >= 0.3 is 4.87 Å². The van der Waals surface area contributed by atoms with Crippen LogP contribution in [0, 0.1) is 0 Å².